The molecule has 1 aromatic heterocycles. The number of aryl methyl sites for hydroxylation is 2. The van der Waals surface area contributed by atoms with Gasteiger partial charge in [0.25, 0.3) is 0 Å². The monoisotopic (exact) mass is 262 g/mol. The van der Waals surface area contributed by atoms with Crippen molar-refractivity contribution in [2.75, 3.05) is 13.2 Å². The Morgan fingerprint density at radius 3 is 3.17 bits per heavy atom. The summed E-state index contributed by atoms with van der Waals surface area (Å²) in [4.78, 5) is 3.28. The third kappa shape index (κ3) is 2.22. The van der Waals surface area contributed by atoms with Gasteiger partial charge in [0.2, 0.25) is 0 Å². The number of ether oxygens (including phenoxy) is 1. The van der Waals surface area contributed by atoms with Crippen LogP contribution < -0.4 is 0 Å². The Balaban J connectivity index is 1.87. The smallest absolute Gasteiger partial charge is 0.178 e. The van der Waals surface area contributed by atoms with Crippen molar-refractivity contribution in [1.29, 1.82) is 0 Å². The molecule has 3 nitrogen and oxygen atoms in total. The highest BCUT2D eigenvalue weighted by atomic mass is 32.1. The molecule has 1 N–H and O–H groups in total. The zero-order chi connectivity index (χ0) is 12.5. The molecule has 4 heteroatoms. The van der Waals surface area contributed by atoms with Gasteiger partial charge in [-0.25, -0.2) is 0 Å². The molecule has 0 radical (unpaired) electrons. The standard InChI is InChI=1S/C14H18N2OS/c1-10-2-3-12-13(8-10)16(14(18)15-12)6-4-11-5-7-17-9-11/h2-3,8,11H,4-7,9H2,1H3,(H,15,18). The molecule has 3 rings (SSSR count). The molecular weight excluding hydrogens is 244 g/mol. The molecule has 1 aliphatic rings. The highest BCUT2D eigenvalue weighted by Gasteiger charge is 2.16. The molecule has 2 aromatic rings. The number of aromatic amines is 1. The van der Waals surface area contributed by atoms with E-state index in [-0.39, 0.29) is 0 Å². The molecule has 1 saturated heterocycles. The fourth-order valence-electron chi connectivity index (χ4n) is 2.61. The lowest BCUT2D eigenvalue weighted by atomic mass is 10.1. The molecule has 1 fully saturated rings. The maximum atomic E-state index is 5.42. The van der Waals surface area contributed by atoms with Crippen molar-refractivity contribution < 1.29 is 4.74 Å². The maximum absolute atomic E-state index is 5.42. The first kappa shape index (κ1) is 11.9. The summed E-state index contributed by atoms with van der Waals surface area (Å²) in [5.41, 5.74) is 3.63. The average molecular weight is 262 g/mol. The molecule has 0 amide bonds. The predicted molar refractivity (Wildman–Crippen MR) is 75.4 cm³/mol. The van der Waals surface area contributed by atoms with E-state index in [0.29, 0.717) is 5.92 Å². The van der Waals surface area contributed by atoms with Gasteiger partial charge in [-0.15, -0.1) is 0 Å². The summed E-state index contributed by atoms with van der Waals surface area (Å²) in [6.07, 6.45) is 2.34. The van der Waals surface area contributed by atoms with Crippen LogP contribution in [0.5, 0.6) is 0 Å². The van der Waals surface area contributed by atoms with E-state index in [1.165, 1.54) is 17.5 Å². The van der Waals surface area contributed by atoms with Crippen molar-refractivity contribution in [3.63, 3.8) is 0 Å². The maximum Gasteiger partial charge on any atom is 0.178 e. The van der Waals surface area contributed by atoms with Crippen LogP contribution in [0.25, 0.3) is 11.0 Å². The van der Waals surface area contributed by atoms with Gasteiger partial charge in [-0.05, 0) is 55.6 Å². The van der Waals surface area contributed by atoms with Crippen LogP contribution in [-0.4, -0.2) is 22.8 Å². The van der Waals surface area contributed by atoms with E-state index in [1.54, 1.807) is 0 Å². The number of nitrogens with one attached hydrogen (secondary N) is 1. The molecule has 1 aliphatic heterocycles. The topological polar surface area (TPSA) is 29.9 Å². The molecular formula is C14H18N2OS. The van der Waals surface area contributed by atoms with Gasteiger partial charge in [-0.1, -0.05) is 6.07 Å². The van der Waals surface area contributed by atoms with Gasteiger partial charge in [-0.2, -0.15) is 0 Å². The third-order valence-corrected chi connectivity index (χ3v) is 4.04. The fraction of sp³-hybridized carbons (Fsp3) is 0.500. The Morgan fingerprint density at radius 1 is 1.50 bits per heavy atom. The van der Waals surface area contributed by atoms with Crippen molar-refractivity contribution >= 4 is 23.3 Å². The summed E-state index contributed by atoms with van der Waals surface area (Å²) in [5.74, 6) is 0.696. The number of nitrogens with zero attached hydrogens (tertiary/aromatic N) is 1. The van der Waals surface area contributed by atoms with Crippen LogP contribution in [0.15, 0.2) is 18.2 Å². The number of fused-ring (bicyclic) bond motifs is 1. The minimum atomic E-state index is 0.696. The third-order valence-electron chi connectivity index (χ3n) is 3.72. The molecule has 18 heavy (non-hydrogen) atoms. The van der Waals surface area contributed by atoms with E-state index in [2.05, 4.69) is 34.7 Å². The number of aromatic nitrogens is 2. The summed E-state index contributed by atoms with van der Waals surface area (Å²) in [6.45, 7) is 4.93. The molecule has 0 aliphatic carbocycles. The second-order valence-electron chi connectivity index (χ2n) is 5.12. The van der Waals surface area contributed by atoms with E-state index >= 15 is 0 Å². The Morgan fingerprint density at radius 2 is 2.39 bits per heavy atom. The fourth-order valence-corrected chi connectivity index (χ4v) is 2.91. The van der Waals surface area contributed by atoms with Crippen LogP contribution in [0.4, 0.5) is 0 Å². The second-order valence-corrected chi connectivity index (χ2v) is 5.51. The highest BCUT2D eigenvalue weighted by Crippen LogP contribution is 2.20. The van der Waals surface area contributed by atoms with Gasteiger partial charge in [0.05, 0.1) is 11.0 Å². The van der Waals surface area contributed by atoms with E-state index in [9.17, 15) is 0 Å². The van der Waals surface area contributed by atoms with Crippen LogP contribution >= 0.6 is 12.2 Å². The van der Waals surface area contributed by atoms with Crippen molar-refractivity contribution in [3.05, 3.63) is 28.5 Å². The van der Waals surface area contributed by atoms with Crippen molar-refractivity contribution in [2.24, 2.45) is 5.92 Å². The van der Waals surface area contributed by atoms with E-state index in [0.717, 1.165) is 36.5 Å². The summed E-state index contributed by atoms with van der Waals surface area (Å²) in [5, 5.41) is 0. The number of imidazole rings is 1. The number of benzene rings is 1. The van der Waals surface area contributed by atoms with Crippen LogP contribution in [0, 0.1) is 17.6 Å². The Labute approximate surface area is 112 Å². The lowest BCUT2D eigenvalue weighted by Crippen LogP contribution is -2.06. The molecule has 0 saturated carbocycles. The van der Waals surface area contributed by atoms with Gasteiger partial charge in [0.1, 0.15) is 0 Å². The number of H-pyrrole nitrogens is 1. The van der Waals surface area contributed by atoms with Gasteiger partial charge < -0.3 is 14.3 Å². The van der Waals surface area contributed by atoms with Crippen molar-refractivity contribution in [1.82, 2.24) is 9.55 Å². The van der Waals surface area contributed by atoms with Crippen LogP contribution in [-0.2, 0) is 11.3 Å². The quantitative estimate of drug-likeness (QED) is 0.859. The molecule has 1 atom stereocenters. The Hall–Kier alpha value is -1.13. The summed E-state index contributed by atoms with van der Waals surface area (Å²) < 4.78 is 8.47. The first-order valence-corrected chi connectivity index (χ1v) is 6.92. The summed E-state index contributed by atoms with van der Waals surface area (Å²) >= 11 is 5.41. The first-order valence-electron chi connectivity index (χ1n) is 6.51. The van der Waals surface area contributed by atoms with Crippen LogP contribution in [0.3, 0.4) is 0 Å². The SMILES string of the molecule is Cc1ccc2[nH]c(=S)n(CCC3CCOC3)c2c1. The second kappa shape index (κ2) is 4.86. The molecule has 0 bridgehead atoms. The lowest BCUT2D eigenvalue weighted by molar-refractivity contribution is 0.183. The van der Waals surface area contributed by atoms with E-state index in [1.807, 2.05) is 0 Å². The average Bonchev–Trinajstić information content (AvgIpc) is 2.94. The van der Waals surface area contributed by atoms with E-state index in [4.69, 9.17) is 17.0 Å². The molecule has 1 aromatic carbocycles. The van der Waals surface area contributed by atoms with Gasteiger partial charge in [-0.3, -0.25) is 0 Å². The normalized spacial score (nSPS) is 19.7. The van der Waals surface area contributed by atoms with Gasteiger partial charge in [0, 0.05) is 19.8 Å². The lowest BCUT2D eigenvalue weighted by Gasteiger charge is -2.09. The van der Waals surface area contributed by atoms with Crippen LogP contribution in [0.1, 0.15) is 18.4 Å². The molecule has 1 unspecified atom stereocenters. The zero-order valence-electron chi connectivity index (χ0n) is 10.6. The zero-order valence-corrected chi connectivity index (χ0v) is 11.4. The Bertz CT molecular complexity index is 608. The number of hydrogen-bond acceptors (Lipinski definition) is 2. The Kier molecular flexibility index (Phi) is 3.22. The molecule has 96 valence electrons. The van der Waals surface area contributed by atoms with Gasteiger partial charge in [0.15, 0.2) is 4.77 Å². The van der Waals surface area contributed by atoms with Crippen LogP contribution in [0.2, 0.25) is 0 Å². The van der Waals surface area contributed by atoms with E-state index < -0.39 is 0 Å². The predicted octanol–water partition coefficient (Wildman–Crippen LogP) is 3.43. The highest BCUT2D eigenvalue weighted by molar-refractivity contribution is 7.71. The number of rotatable bonds is 3. The summed E-state index contributed by atoms with van der Waals surface area (Å²) in [6, 6.07) is 6.42. The largest absolute Gasteiger partial charge is 0.381 e. The number of hydrogen-bond donors (Lipinski definition) is 1. The van der Waals surface area contributed by atoms with Gasteiger partial charge >= 0.3 is 0 Å². The summed E-state index contributed by atoms with van der Waals surface area (Å²) in [7, 11) is 0. The minimum absolute atomic E-state index is 0.696. The van der Waals surface area contributed by atoms with Crippen molar-refractivity contribution in [3.8, 4) is 0 Å². The minimum Gasteiger partial charge on any atom is -0.381 e. The first-order chi connectivity index (χ1) is 8.74. The molecule has 0 spiro atoms. The molecule has 2 heterocycles. The van der Waals surface area contributed by atoms with Crippen molar-refractivity contribution in [2.45, 2.75) is 26.3 Å².